The van der Waals surface area contributed by atoms with E-state index in [2.05, 4.69) is 10.8 Å². The van der Waals surface area contributed by atoms with Crippen LogP contribution in [0, 0.1) is 12.3 Å². The number of terminal acetylenes is 1. The normalized spacial score (nSPS) is 25.3. The molecule has 11 heavy (non-hydrogen) atoms. The minimum atomic E-state index is 0.566. The number of nitrogens with zero attached hydrogens (tertiary/aromatic N) is 1. The minimum absolute atomic E-state index is 0.566. The first kappa shape index (κ1) is 8.58. The van der Waals surface area contributed by atoms with Crippen molar-refractivity contribution in [3.63, 3.8) is 0 Å². The molecule has 1 atom stereocenters. The fourth-order valence-corrected chi connectivity index (χ4v) is 1.60. The van der Waals surface area contributed by atoms with Crippen molar-refractivity contribution >= 4 is 0 Å². The van der Waals surface area contributed by atoms with Crippen molar-refractivity contribution in [2.45, 2.75) is 18.9 Å². The molecule has 2 nitrogen and oxygen atoms in total. The van der Waals surface area contributed by atoms with E-state index in [1.807, 2.05) is 0 Å². The van der Waals surface area contributed by atoms with E-state index in [9.17, 15) is 0 Å². The van der Waals surface area contributed by atoms with Gasteiger partial charge in [-0.05, 0) is 19.4 Å². The van der Waals surface area contributed by atoms with Gasteiger partial charge in [-0.1, -0.05) is 5.92 Å². The molecule has 2 heteroatoms. The van der Waals surface area contributed by atoms with Gasteiger partial charge in [-0.3, -0.25) is 4.90 Å². The van der Waals surface area contributed by atoms with Gasteiger partial charge in [-0.2, -0.15) is 0 Å². The highest BCUT2D eigenvalue weighted by atomic mass is 16.5. The van der Waals surface area contributed by atoms with Gasteiger partial charge in [0.1, 0.15) is 0 Å². The summed E-state index contributed by atoms with van der Waals surface area (Å²) in [6, 6.07) is 0.566. The fraction of sp³-hybridized carbons (Fsp3) is 0.778. The second kappa shape index (κ2) is 4.38. The van der Waals surface area contributed by atoms with Gasteiger partial charge < -0.3 is 4.74 Å². The maximum Gasteiger partial charge on any atom is 0.0618 e. The molecule has 1 aliphatic heterocycles. The lowest BCUT2D eigenvalue weighted by Gasteiger charge is -2.20. The molecule has 1 unspecified atom stereocenters. The molecular formula is C9H15NO. The van der Waals surface area contributed by atoms with E-state index in [0.29, 0.717) is 6.04 Å². The fourth-order valence-electron chi connectivity index (χ4n) is 1.60. The Bertz CT molecular complexity index is 150. The van der Waals surface area contributed by atoms with Crippen LogP contribution >= 0.6 is 0 Å². The maximum absolute atomic E-state index is 5.23. The molecule has 0 aliphatic carbocycles. The van der Waals surface area contributed by atoms with E-state index in [-0.39, 0.29) is 0 Å². The van der Waals surface area contributed by atoms with Crippen molar-refractivity contribution in [2.24, 2.45) is 0 Å². The molecule has 0 aromatic carbocycles. The molecule has 0 aromatic rings. The number of methoxy groups -OCH3 is 1. The summed E-state index contributed by atoms with van der Waals surface area (Å²) < 4.78 is 5.09. The zero-order chi connectivity index (χ0) is 8.10. The smallest absolute Gasteiger partial charge is 0.0618 e. The summed E-state index contributed by atoms with van der Waals surface area (Å²) >= 11 is 0. The Hall–Kier alpha value is -0.520. The van der Waals surface area contributed by atoms with E-state index < -0.39 is 0 Å². The second-order valence-corrected chi connectivity index (χ2v) is 2.93. The molecule has 62 valence electrons. The van der Waals surface area contributed by atoms with Crippen LogP contribution in [0.4, 0.5) is 0 Å². The van der Waals surface area contributed by atoms with Crippen LogP contribution in [-0.2, 0) is 4.74 Å². The zero-order valence-electron chi connectivity index (χ0n) is 7.05. The largest absolute Gasteiger partial charge is 0.383 e. The van der Waals surface area contributed by atoms with Gasteiger partial charge in [0.15, 0.2) is 0 Å². The molecule has 0 bridgehead atoms. The standard InChI is InChI=1S/C9H15NO/c1-3-6-10-7-4-5-9(10)8-11-2/h1,9H,4-8H2,2H3. The Labute approximate surface area is 68.5 Å². The molecule has 1 rings (SSSR count). The monoisotopic (exact) mass is 153 g/mol. The molecular weight excluding hydrogens is 138 g/mol. The number of rotatable bonds is 3. The van der Waals surface area contributed by atoms with Crippen LogP contribution in [0.3, 0.4) is 0 Å². The highest BCUT2D eigenvalue weighted by Gasteiger charge is 2.22. The van der Waals surface area contributed by atoms with Gasteiger partial charge >= 0.3 is 0 Å². The average molecular weight is 153 g/mol. The third kappa shape index (κ3) is 2.21. The van der Waals surface area contributed by atoms with Gasteiger partial charge in [-0.25, -0.2) is 0 Å². The first-order chi connectivity index (χ1) is 5.38. The Morgan fingerprint density at radius 2 is 2.55 bits per heavy atom. The second-order valence-electron chi connectivity index (χ2n) is 2.93. The Morgan fingerprint density at radius 3 is 3.18 bits per heavy atom. The van der Waals surface area contributed by atoms with Crippen LogP contribution in [0.15, 0.2) is 0 Å². The summed E-state index contributed by atoms with van der Waals surface area (Å²) in [5, 5.41) is 0. The highest BCUT2D eigenvalue weighted by Crippen LogP contribution is 2.15. The number of hydrogen-bond donors (Lipinski definition) is 0. The van der Waals surface area contributed by atoms with Crippen molar-refractivity contribution in [2.75, 3.05) is 26.8 Å². The molecule has 1 fully saturated rings. The number of ether oxygens (including phenoxy) is 1. The molecule has 0 amide bonds. The number of likely N-dealkylation sites (tertiary alicyclic amines) is 1. The van der Waals surface area contributed by atoms with E-state index in [1.54, 1.807) is 7.11 Å². The van der Waals surface area contributed by atoms with Gasteiger partial charge in [-0.15, -0.1) is 6.42 Å². The molecule has 1 saturated heterocycles. The van der Waals surface area contributed by atoms with Crippen LogP contribution in [0.2, 0.25) is 0 Å². The average Bonchev–Trinajstić information content (AvgIpc) is 2.39. The zero-order valence-corrected chi connectivity index (χ0v) is 7.05. The van der Waals surface area contributed by atoms with Crippen LogP contribution in [-0.4, -0.2) is 37.7 Å². The van der Waals surface area contributed by atoms with Crippen LogP contribution in [0.25, 0.3) is 0 Å². The quantitative estimate of drug-likeness (QED) is 0.554. The third-order valence-corrected chi connectivity index (χ3v) is 2.15. The lowest BCUT2D eigenvalue weighted by molar-refractivity contribution is 0.123. The Balaban J connectivity index is 2.32. The SMILES string of the molecule is C#CCN1CCCC1COC. The Kier molecular flexibility index (Phi) is 3.41. The summed E-state index contributed by atoms with van der Waals surface area (Å²) in [5.74, 6) is 2.67. The van der Waals surface area contributed by atoms with Gasteiger partial charge in [0, 0.05) is 13.2 Å². The predicted octanol–water partition coefficient (Wildman–Crippen LogP) is 0.730. The van der Waals surface area contributed by atoms with E-state index in [0.717, 1.165) is 19.7 Å². The van der Waals surface area contributed by atoms with Crippen molar-refractivity contribution in [1.82, 2.24) is 4.90 Å². The van der Waals surface area contributed by atoms with Crippen molar-refractivity contribution in [3.05, 3.63) is 0 Å². The molecule has 0 saturated carbocycles. The molecule has 0 radical (unpaired) electrons. The third-order valence-electron chi connectivity index (χ3n) is 2.15. The number of hydrogen-bond acceptors (Lipinski definition) is 2. The van der Waals surface area contributed by atoms with Crippen molar-refractivity contribution in [1.29, 1.82) is 0 Å². The summed E-state index contributed by atoms with van der Waals surface area (Å²) in [6.07, 6.45) is 7.73. The summed E-state index contributed by atoms with van der Waals surface area (Å²) in [5.41, 5.74) is 0. The van der Waals surface area contributed by atoms with Gasteiger partial charge in [0.05, 0.1) is 13.2 Å². The first-order valence-corrected chi connectivity index (χ1v) is 4.05. The van der Waals surface area contributed by atoms with Gasteiger partial charge in [0.25, 0.3) is 0 Å². The molecule has 0 spiro atoms. The highest BCUT2D eigenvalue weighted by molar-refractivity contribution is 4.92. The van der Waals surface area contributed by atoms with E-state index in [1.165, 1.54) is 12.8 Å². The predicted molar refractivity (Wildman–Crippen MR) is 45.3 cm³/mol. The Morgan fingerprint density at radius 1 is 1.73 bits per heavy atom. The maximum atomic E-state index is 5.23. The van der Waals surface area contributed by atoms with E-state index in [4.69, 9.17) is 11.2 Å². The van der Waals surface area contributed by atoms with Gasteiger partial charge in [0.2, 0.25) is 0 Å². The lowest BCUT2D eigenvalue weighted by atomic mass is 10.2. The molecule has 1 aliphatic rings. The first-order valence-electron chi connectivity index (χ1n) is 4.05. The topological polar surface area (TPSA) is 12.5 Å². The van der Waals surface area contributed by atoms with Crippen LogP contribution in [0.5, 0.6) is 0 Å². The van der Waals surface area contributed by atoms with Crippen LogP contribution in [0.1, 0.15) is 12.8 Å². The summed E-state index contributed by atoms with van der Waals surface area (Å²) in [4.78, 5) is 2.31. The lowest BCUT2D eigenvalue weighted by Crippen LogP contribution is -2.32. The minimum Gasteiger partial charge on any atom is -0.383 e. The summed E-state index contributed by atoms with van der Waals surface area (Å²) in [7, 11) is 1.74. The van der Waals surface area contributed by atoms with Crippen molar-refractivity contribution in [3.8, 4) is 12.3 Å². The van der Waals surface area contributed by atoms with Crippen LogP contribution < -0.4 is 0 Å². The molecule has 1 heterocycles. The van der Waals surface area contributed by atoms with Crippen molar-refractivity contribution < 1.29 is 4.74 Å². The molecule has 0 N–H and O–H groups in total. The summed E-state index contributed by atoms with van der Waals surface area (Å²) in [6.45, 7) is 2.73. The van der Waals surface area contributed by atoms with E-state index >= 15 is 0 Å². The molecule has 0 aromatic heterocycles.